The highest BCUT2D eigenvalue weighted by atomic mass is 16.4. The number of benzene rings is 1. The quantitative estimate of drug-likeness (QED) is 0.744. The van der Waals surface area contributed by atoms with Gasteiger partial charge in [-0.1, -0.05) is 6.92 Å². The maximum atomic E-state index is 11.2. The Kier molecular flexibility index (Phi) is 1.84. The number of aromatic hydroxyl groups is 1. The lowest BCUT2D eigenvalue weighted by atomic mass is 10.1. The summed E-state index contributed by atoms with van der Waals surface area (Å²) in [5.74, 6) is -0.244. The normalized spacial score (nSPS) is 11.0. The first-order valence-electron chi connectivity index (χ1n) is 4.45. The Labute approximate surface area is 80.4 Å². The number of phenols is 1. The lowest BCUT2D eigenvalue weighted by Crippen LogP contribution is -2.08. The molecule has 0 aliphatic carbocycles. The van der Waals surface area contributed by atoms with Gasteiger partial charge in [0.15, 0.2) is 5.58 Å². The van der Waals surface area contributed by atoms with Crippen molar-refractivity contribution in [2.24, 2.45) is 7.05 Å². The van der Waals surface area contributed by atoms with E-state index in [0.29, 0.717) is 11.1 Å². The first-order chi connectivity index (χ1) is 6.63. The number of hydrogen-bond acceptors (Lipinski definition) is 3. The molecule has 4 heteroatoms. The molecular weight excluding hydrogens is 182 g/mol. The molecule has 0 aliphatic heterocycles. The summed E-state index contributed by atoms with van der Waals surface area (Å²) in [5.41, 5.74) is 2.04. The van der Waals surface area contributed by atoms with E-state index in [4.69, 9.17) is 4.42 Å². The van der Waals surface area contributed by atoms with E-state index in [0.717, 1.165) is 12.0 Å². The van der Waals surface area contributed by atoms with Crippen LogP contribution in [0.5, 0.6) is 5.75 Å². The predicted octanol–water partition coefficient (Wildman–Crippen LogP) is 1.40. The van der Waals surface area contributed by atoms with Crippen molar-refractivity contribution in [2.45, 2.75) is 13.3 Å². The number of aryl methyl sites for hydroxylation is 2. The summed E-state index contributed by atoms with van der Waals surface area (Å²) in [4.78, 5) is 11.2. The van der Waals surface area contributed by atoms with Gasteiger partial charge in [-0.05, 0) is 12.5 Å². The number of nitrogens with zero attached hydrogens (tertiary/aromatic N) is 1. The average Bonchev–Trinajstić information content (AvgIpc) is 2.43. The monoisotopic (exact) mass is 193 g/mol. The van der Waals surface area contributed by atoms with Crippen molar-refractivity contribution in [3.05, 3.63) is 28.2 Å². The van der Waals surface area contributed by atoms with Crippen LogP contribution >= 0.6 is 0 Å². The molecule has 1 heterocycles. The first kappa shape index (κ1) is 8.87. The van der Waals surface area contributed by atoms with Gasteiger partial charge >= 0.3 is 5.76 Å². The second-order valence-corrected chi connectivity index (χ2v) is 3.23. The van der Waals surface area contributed by atoms with Crippen molar-refractivity contribution < 1.29 is 9.52 Å². The Hall–Kier alpha value is -1.71. The van der Waals surface area contributed by atoms with E-state index < -0.39 is 5.76 Å². The van der Waals surface area contributed by atoms with E-state index in [1.54, 1.807) is 13.1 Å². The van der Waals surface area contributed by atoms with Gasteiger partial charge in [-0.2, -0.15) is 0 Å². The van der Waals surface area contributed by atoms with E-state index >= 15 is 0 Å². The molecule has 4 nitrogen and oxygen atoms in total. The van der Waals surface area contributed by atoms with Crippen LogP contribution in [-0.4, -0.2) is 9.67 Å². The number of hydrogen-bond donors (Lipinski definition) is 1. The summed E-state index contributed by atoms with van der Waals surface area (Å²) < 4.78 is 6.46. The molecule has 0 unspecified atom stereocenters. The third-order valence-corrected chi connectivity index (χ3v) is 2.34. The van der Waals surface area contributed by atoms with Crippen molar-refractivity contribution in [2.75, 3.05) is 0 Å². The van der Waals surface area contributed by atoms with Crippen molar-refractivity contribution >= 4 is 11.1 Å². The maximum Gasteiger partial charge on any atom is 0.419 e. The molecule has 1 N–H and O–H groups in total. The second kappa shape index (κ2) is 2.90. The van der Waals surface area contributed by atoms with Gasteiger partial charge in [0.1, 0.15) is 5.75 Å². The zero-order valence-corrected chi connectivity index (χ0v) is 8.07. The van der Waals surface area contributed by atoms with Gasteiger partial charge in [-0.15, -0.1) is 0 Å². The fraction of sp³-hybridized carbons (Fsp3) is 0.300. The molecule has 1 aromatic carbocycles. The summed E-state index contributed by atoms with van der Waals surface area (Å²) >= 11 is 0. The minimum absolute atomic E-state index is 0.158. The summed E-state index contributed by atoms with van der Waals surface area (Å²) in [7, 11) is 1.62. The van der Waals surface area contributed by atoms with Gasteiger partial charge in [-0.25, -0.2) is 4.79 Å². The molecule has 0 atom stereocenters. The van der Waals surface area contributed by atoms with E-state index in [-0.39, 0.29) is 5.75 Å². The van der Waals surface area contributed by atoms with Crippen LogP contribution in [0.15, 0.2) is 21.3 Å². The molecule has 1 aromatic heterocycles. The molecular formula is C10H11NO3. The molecule has 0 fully saturated rings. The first-order valence-corrected chi connectivity index (χ1v) is 4.45. The van der Waals surface area contributed by atoms with Gasteiger partial charge in [0.2, 0.25) is 0 Å². The Balaban J connectivity index is 2.94. The van der Waals surface area contributed by atoms with Crippen LogP contribution in [-0.2, 0) is 13.5 Å². The Morgan fingerprint density at radius 2 is 2.21 bits per heavy atom. The van der Waals surface area contributed by atoms with Gasteiger partial charge in [0.05, 0.1) is 5.52 Å². The number of aromatic nitrogens is 1. The van der Waals surface area contributed by atoms with E-state index in [1.807, 2.05) is 6.92 Å². The second-order valence-electron chi connectivity index (χ2n) is 3.23. The van der Waals surface area contributed by atoms with Gasteiger partial charge in [-0.3, -0.25) is 4.57 Å². The van der Waals surface area contributed by atoms with Crippen LogP contribution in [0, 0.1) is 0 Å². The molecule has 0 radical (unpaired) electrons. The minimum Gasteiger partial charge on any atom is -0.508 e. The van der Waals surface area contributed by atoms with Crippen LogP contribution in [0.4, 0.5) is 0 Å². The smallest absolute Gasteiger partial charge is 0.419 e. The molecule has 0 spiro atoms. The predicted molar refractivity (Wildman–Crippen MR) is 52.5 cm³/mol. The molecule has 2 rings (SSSR count). The minimum atomic E-state index is -0.403. The Bertz CT molecular complexity index is 536. The van der Waals surface area contributed by atoms with Crippen LogP contribution in [0.3, 0.4) is 0 Å². The Morgan fingerprint density at radius 3 is 2.86 bits per heavy atom. The molecule has 2 aromatic rings. The van der Waals surface area contributed by atoms with E-state index in [2.05, 4.69) is 0 Å². The number of rotatable bonds is 1. The van der Waals surface area contributed by atoms with Crippen LogP contribution in [0.2, 0.25) is 0 Å². The molecule has 14 heavy (non-hydrogen) atoms. The van der Waals surface area contributed by atoms with E-state index in [1.165, 1.54) is 10.6 Å². The van der Waals surface area contributed by atoms with Crippen molar-refractivity contribution in [3.8, 4) is 5.75 Å². The highest BCUT2D eigenvalue weighted by Crippen LogP contribution is 2.23. The lowest BCUT2D eigenvalue weighted by molar-refractivity contribution is 0.475. The number of phenolic OH excluding ortho intramolecular Hbond substituents is 1. The number of fused-ring (bicyclic) bond motifs is 1. The Morgan fingerprint density at radius 1 is 1.50 bits per heavy atom. The van der Waals surface area contributed by atoms with Gasteiger partial charge in [0.25, 0.3) is 0 Å². The van der Waals surface area contributed by atoms with E-state index in [9.17, 15) is 9.90 Å². The SMILES string of the molecule is CCc1cc(O)cc2c1oc(=O)n2C. The van der Waals surface area contributed by atoms with Crippen molar-refractivity contribution in [1.29, 1.82) is 0 Å². The molecule has 0 amide bonds. The van der Waals surface area contributed by atoms with Crippen molar-refractivity contribution in [1.82, 2.24) is 4.57 Å². The highest BCUT2D eigenvalue weighted by molar-refractivity contribution is 5.78. The van der Waals surface area contributed by atoms with Crippen LogP contribution < -0.4 is 5.76 Å². The average molecular weight is 193 g/mol. The third kappa shape index (κ3) is 1.11. The van der Waals surface area contributed by atoms with Gasteiger partial charge in [0, 0.05) is 18.7 Å². The summed E-state index contributed by atoms with van der Waals surface area (Å²) in [6, 6.07) is 3.14. The fourth-order valence-corrected chi connectivity index (χ4v) is 1.54. The summed E-state index contributed by atoms with van der Waals surface area (Å²) in [6.07, 6.45) is 0.720. The standard InChI is InChI=1S/C10H11NO3/c1-3-6-4-7(12)5-8-9(6)14-10(13)11(8)2/h4-5,12H,3H2,1-2H3. The highest BCUT2D eigenvalue weighted by Gasteiger charge is 2.10. The summed E-state index contributed by atoms with van der Waals surface area (Å²) in [6.45, 7) is 1.95. The molecule has 0 saturated heterocycles. The largest absolute Gasteiger partial charge is 0.508 e. The fourth-order valence-electron chi connectivity index (χ4n) is 1.54. The molecule has 74 valence electrons. The molecule has 0 aliphatic rings. The maximum absolute atomic E-state index is 11.2. The molecule has 0 saturated carbocycles. The number of oxazole rings is 1. The van der Waals surface area contributed by atoms with Crippen LogP contribution in [0.1, 0.15) is 12.5 Å². The topological polar surface area (TPSA) is 55.4 Å². The summed E-state index contributed by atoms with van der Waals surface area (Å²) in [5, 5.41) is 9.42. The van der Waals surface area contributed by atoms with Gasteiger partial charge < -0.3 is 9.52 Å². The van der Waals surface area contributed by atoms with Crippen LogP contribution in [0.25, 0.3) is 11.1 Å². The lowest BCUT2D eigenvalue weighted by Gasteiger charge is -1.99. The third-order valence-electron chi connectivity index (χ3n) is 2.34. The zero-order valence-electron chi connectivity index (χ0n) is 8.07. The van der Waals surface area contributed by atoms with Crippen molar-refractivity contribution in [3.63, 3.8) is 0 Å². The zero-order chi connectivity index (χ0) is 10.3. The molecule has 0 bridgehead atoms.